The van der Waals surface area contributed by atoms with Crippen molar-refractivity contribution >= 4 is 28.8 Å². The highest BCUT2D eigenvalue weighted by Gasteiger charge is 2.38. The molecule has 10 heteroatoms. The summed E-state index contributed by atoms with van der Waals surface area (Å²) < 4.78 is 52.6. The number of piperidine rings is 1. The van der Waals surface area contributed by atoms with Gasteiger partial charge in [-0.05, 0) is 42.6 Å². The van der Waals surface area contributed by atoms with Crippen LogP contribution in [0.15, 0.2) is 53.7 Å². The van der Waals surface area contributed by atoms with Gasteiger partial charge in [-0.2, -0.15) is 13.9 Å². The van der Waals surface area contributed by atoms with Crippen LogP contribution in [0.5, 0.6) is 0 Å². The Labute approximate surface area is 223 Å². The number of hydrogen-bond donors (Lipinski definition) is 0. The van der Waals surface area contributed by atoms with Gasteiger partial charge in [-0.1, -0.05) is 31.2 Å². The Morgan fingerprint density at radius 2 is 1.69 bits per heavy atom. The van der Waals surface area contributed by atoms with Gasteiger partial charge in [0.2, 0.25) is 0 Å². The van der Waals surface area contributed by atoms with E-state index in [1.165, 1.54) is 24.5 Å². The van der Waals surface area contributed by atoms with Crippen molar-refractivity contribution in [1.82, 2.24) is 19.7 Å². The van der Waals surface area contributed by atoms with Crippen LogP contribution in [0.1, 0.15) is 74.0 Å². The van der Waals surface area contributed by atoms with E-state index in [0.29, 0.717) is 16.7 Å². The molecule has 6 rings (SSSR count). The van der Waals surface area contributed by atoms with Crippen molar-refractivity contribution in [2.24, 2.45) is 10.4 Å². The van der Waals surface area contributed by atoms with Crippen LogP contribution in [-0.2, 0) is 6.42 Å². The molecule has 2 aliphatic heterocycles. The average Bonchev–Trinajstić information content (AvgIpc) is 3.67. The summed E-state index contributed by atoms with van der Waals surface area (Å²) >= 11 is 0. The van der Waals surface area contributed by atoms with Crippen LogP contribution in [0.3, 0.4) is 0 Å². The molecular formula is C29H28F4N6. The van der Waals surface area contributed by atoms with Crippen LogP contribution in [0, 0.1) is 5.41 Å². The van der Waals surface area contributed by atoms with Gasteiger partial charge >= 0.3 is 6.55 Å². The zero-order chi connectivity index (χ0) is 27.3. The number of benzene rings is 1. The number of hydrogen-bond acceptors (Lipinski definition) is 5. The van der Waals surface area contributed by atoms with E-state index in [9.17, 15) is 17.6 Å². The molecule has 3 aromatic rings. The molecule has 0 bridgehead atoms. The van der Waals surface area contributed by atoms with E-state index >= 15 is 0 Å². The number of anilines is 1. The summed E-state index contributed by atoms with van der Waals surface area (Å²) in [6, 6.07) is 6.51. The fraction of sp³-hybridized carbons (Fsp3) is 0.379. The van der Waals surface area contributed by atoms with Gasteiger partial charge in [0.1, 0.15) is 12.1 Å². The lowest BCUT2D eigenvalue weighted by Gasteiger charge is -2.40. The summed E-state index contributed by atoms with van der Waals surface area (Å²) in [6.45, 7) is 3.15. The van der Waals surface area contributed by atoms with Crippen LogP contribution >= 0.6 is 0 Å². The van der Waals surface area contributed by atoms with Gasteiger partial charge in [-0.3, -0.25) is 4.99 Å². The summed E-state index contributed by atoms with van der Waals surface area (Å²) in [5.41, 5.74) is 7.44. The van der Waals surface area contributed by atoms with Crippen LogP contribution in [0.2, 0.25) is 0 Å². The zero-order valence-electron chi connectivity index (χ0n) is 21.7. The van der Waals surface area contributed by atoms with E-state index < -0.39 is 13.0 Å². The van der Waals surface area contributed by atoms with Crippen molar-refractivity contribution in [2.45, 2.75) is 52.5 Å². The van der Waals surface area contributed by atoms with Gasteiger partial charge in [0.15, 0.2) is 0 Å². The van der Waals surface area contributed by atoms with E-state index in [1.54, 1.807) is 18.5 Å². The summed E-state index contributed by atoms with van der Waals surface area (Å²) in [7, 11) is 0. The van der Waals surface area contributed by atoms with Crippen molar-refractivity contribution in [2.75, 3.05) is 18.0 Å². The van der Waals surface area contributed by atoms with Crippen LogP contribution in [0.25, 0.3) is 17.2 Å². The molecule has 1 aromatic carbocycles. The summed E-state index contributed by atoms with van der Waals surface area (Å²) in [5, 5.41) is 3.76. The average molecular weight is 537 g/mol. The van der Waals surface area contributed by atoms with Gasteiger partial charge in [0.05, 0.1) is 11.9 Å². The lowest BCUT2D eigenvalue weighted by atomic mass is 9.74. The first kappa shape index (κ1) is 25.5. The third-order valence-electron chi connectivity index (χ3n) is 8.25. The Kier molecular flexibility index (Phi) is 6.35. The third kappa shape index (κ3) is 4.66. The summed E-state index contributed by atoms with van der Waals surface area (Å²) in [4.78, 5) is 16.3. The Balaban J connectivity index is 1.15. The molecule has 0 radical (unpaired) electrons. The topological polar surface area (TPSA) is 59.2 Å². The first-order valence-electron chi connectivity index (χ1n) is 13.0. The molecule has 0 spiro atoms. The standard InChI is InChI=1S/C29H28F4N6/c1-17-22(18-3-5-19(6-4-18)26(30)31)13-25(37-17)29(2)7-9-38(10-8-29)27-23-11-20(12-24(23)34-16-35-27)21-14-36-39(15-21)28(32)33/h3-6,11,14-16,26,28H,7-10,12-13H2,1-2H3. The quantitative estimate of drug-likeness (QED) is 0.319. The van der Waals surface area contributed by atoms with Crippen LogP contribution in [-0.4, -0.2) is 38.5 Å². The van der Waals surface area contributed by atoms with Crippen molar-refractivity contribution < 1.29 is 17.6 Å². The van der Waals surface area contributed by atoms with E-state index in [0.717, 1.165) is 77.5 Å². The molecule has 3 aliphatic rings. The number of rotatable bonds is 6. The van der Waals surface area contributed by atoms with E-state index in [1.807, 2.05) is 13.0 Å². The maximum atomic E-state index is 13.0. The van der Waals surface area contributed by atoms with Gasteiger partial charge in [-0.15, -0.1) is 0 Å². The highest BCUT2D eigenvalue weighted by molar-refractivity contribution is 6.03. The Morgan fingerprint density at radius 1 is 0.949 bits per heavy atom. The van der Waals surface area contributed by atoms with E-state index in [2.05, 4.69) is 26.9 Å². The molecule has 2 aromatic heterocycles. The Morgan fingerprint density at radius 3 is 2.36 bits per heavy atom. The summed E-state index contributed by atoms with van der Waals surface area (Å²) in [6.07, 6.45) is 6.97. The lowest BCUT2D eigenvalue weighted by Crippen LogP contribution is -2.43. The predicted molar refractivity (Wildman–Crippen MR) is 143 cm³/mol. The molecule has 1 fully saturated rings. The monoisotopic (exact) mass is 536 g/mol. The van der Waals surface area contributed by atoms with Gasteiger partial charge in [-0.25, -0.2) is 23.4 Å². The molecule has 0 N–H and O–H groups in total. The minimum atomic E-state index is -2.67. The normalized spacial score (nSPS) is 18.7. The molecule has 6 nitrogen and oxygen atoms in total. The number of allylic oxidation sites excluding steroid dienone is 3. The SMILES string of the molecule is CC1=C(c2ccc(C(F)F)cc2)CC(C2(C)CCN(c3ncnc4c3C=C(c3cnn(C(F)F)c3)C4)CC2)=N1. The molecule has 0 amide bonds. The zero-order valence-corrected chi connectivity index (χ0v) is 21.7. The maximum Gasteiger partial charge on any atom is 0.333 e. The molecular weight excluding hydrogens is 508 g/mol. The molecule has 39 heavy (non-hydrogen) atoms. The second-order valence-electron chi connectivity index (χ2n) is 10.7. The minimum Gasteiger partial charge on any atom is -0.356 e. The largest absolute Gasteiger partial charge is 0.356 e. The molecule has 202 valence electrons. The van der Waals surface area contributed by atoms with Crippen molar-refractivity contribution in [3.8, 4) is 0 Å². The molecule has 0 atom stereocenters. The van der Waals surface area contributed by atoms with Gasteiger partial charge in [0.25, 0.3) is 6.43 Å². The Bertz CT molecular complexity index is 1490. The fourth-order valence-corrected chi connectivity index (χ4v) is 5.76. The van der Waals surface area contributed by atoms with Gasteiger partial charge in [0, 0.05) is 65.6 Å². The van der Waals surface area contributed by atoms with Gasteiger partial charge < -0.3 is 4.90 Å². The molecule has 0 unspecified atom stereocenters. The second kappa shape index (κ2) is 9.73. The fourth-order valence-electron chi connectivity index (χ4n) is 5.76. The van der Waals surface area contributed by atoms with Crippen LogP contribution < -0.4 is 4.90 Å². The molecule has 1 aliphatic carbocycles. The number of nitrogens with zero attached hydrogens (tertiary/aromatic N) is 6. The number of aromatic nitrogens is 4. The molecule has 1 saturated heterocycles. The number of halogens is 4. The second-order valence-corrected chi connectivity index (χ2v) is 10.7. The highest BCUT2D eigenvalue weighted by Crippen LogP contribution is 2.43. The lowest BCUT2D eigenvalue weighted by molar-refractivity contribution is 0.0566. The van der Waals surface area contributed by atoms with Crippen molar-refractivity contribution in [3.63, 3.8) is 0 Å². The Hall–Kier alpha value is -3.82. The molecule has 4 heterocycles. The number of alkyl halides is 4. The maximum absolute atomic E-state index is 13.0. The first-order valence-corrected chi connectivity index (χ1v) is 13.0. The minimum absolute atomic E-state index is 0.0249. The van der Waals surface area contributed by atoms with Crippen molar-refractivity contribution in [1.29, 1.82) is 0 Å². The predicted octanol–water partition coefficient (Wildman–Crippen LogP) is 6.98. The highest BCUT2D eigenvalue weighted by atomic mass is 19.3. The smallest absolute Gasteiger partial charge is 0.333 e. The summed E-state index contributed by atoms with van der Waals surface area (Å²) in [5.74, 6) is 0.862. The number of aliphatic imine (C=N–C) groups is 1. The van der Waals surface area contributed by atoms with E-state index in [4.69, 9.17) is 4.99 Å². The van der Waals surface area contributed by atoms with Crippen molar-refractivity contribution in [3.05, 3.63) is 76.6 Å². The third-order valence-corrected chi connectivity index (χ3v) is 8.25. The van der Waals surface area contributed by atoms with E-state index in [-0.39, 0.29) is 11.0 Å². The van der Waals surface area contributed by atoms with Crippen LogP contribution in [0.4, 0.5) is 23.4 Å². The number of fused-ring (bicyclic) bond motifs is 1. The molecule has 0 saturated carbocycles. The first-order chi connectivity index (χ1) is 18.7.